The molecule has 1 fully saturated rings. The van der Waals surface area contributed by atoms with Crippen LogP contribution in [0.3, 0.4) is 0 Å². The number of allylic oxidation sites excluding steroid dienone is 5. The van der Waals surface area contributed by atoms with E-state index in [1.165, 1.54) is 6.92 Å². The molecular formula is C16H23FO2. The minimum absolute atomic E-state index is 0.198. The van der Waals surface area contributed by atoms with Gasteiger partial charge in [-0.15, -0.1) is 0 Å². The molecule has 0 atom stereocenters. The zero-order valence-electron chi connectivity index (χ0n) is 11.8. The maximum absolute atomic E-state index is 12.9. The van der Waals surface area contributed by atoms with Crippen LogP contribution in [0.2, 0.25) is 0 Å². The molecule has 0 bridgehead atoms. The fourth-order valence-corrected chi connectivity index (χ4v) is 2.96. The van der Waals surface area contributed by atoms with Gasteiger partial charge >= 0.3 is 5.97 Å². The molecule has 3 heteroatoms. The van der Waals surface area contributed by atoms with Gasteiger partial charge in [-0.2, -0.15) is 0 Å². The molecule has 1 aliphatic rings. The Morgan fingerprint density at radius 3 is 2.32 bits per heavy atom. The van der Waals surface area contributed by atoms with Crippen molar-refractivity contribution in [2.45, 2.75) is 46.0 Å². The summed E-state index contributed by atoms with van der Waals surface area (Å²) in [6, 6.07) is 0. The first-order chi connectivity index (χ1) is 8.93. The van der Waals surface area contributed by atoms with Gasteiger partial charge in [0.15, 0.2) is 0 Å². The van der Waals surface area contributed by atoms with Crippen LogP contribution in [0.4, 0.5) is 4.39 Å². The summed E-state index contributed by atoms with van der Waals surface area (Å²) in [6.45, 7) is 7.17. The fourth-order valence-electron chi connectivity index (χ4n) is 2.96. The molecule has 0 heterocycles. The first kappa shape index (κ1) is 15.7. The van der Waals surface area contributed by atoms with E-state index >= 15 is 0 Å². The molecule has 0 amide bonds. The van der Waals surface area contributed by atoms with Gasteiger partial charge in [0.1, 0.15) is 0 Å². The van der Waals surface area contributed by atoms with Gasteiger partial charge in [0, 0.05) is 6.42 Å². The summed E-state index contributed by atoms with van der Waals surface area (Å²) < 4.78 is 12.9. The summed E-state index contributed by atoms with van der Waals surface area (Å²) in [6.07, 6.45) is 7.42. The Balaban J connectivity index is 2.69. The number of hydrogen-bond acceptors (Lipinski definition) is 1. The van der Waals surface area contributed by atoms with Crippen LogP contribution in [0.15, 0.2) is 35.7 Å². The highest BCUT2D eigenvalue weighted by atomic mass is 19.1. The third kappa shape index (κ3) is 5.01. The Labute approximate surface area is 114 Å². The van der Waals surface area contributed by atoms with E-state index in [4.69, 9.17) is 5.11 Å². The van der Waals surface area contributed by atoms with Crippen LogP contribution in [-0.4, -0.2) is 11.1 Å². The molecule has 1 saturated carbocycles. The lowest BCUT2D eigenvalue weighted by atomic mass is 9.76. The average molecular weight is 266 g/mol. The summed E-state index contributed by atoms with van der Waals surface area (Å²) in [5.74, 6) is -0.233. The Bertz CT molecular complexity index is 395. The van der Waals surface area contributed by atoms with Crippen molar-refractivity contribution in [2.24, 2.45) is 11.8 Å². The number of hydrogen-bond donors (Lipinski definition) is 1. The van der Waals surface area contributed by atoms with Crippen LogP contribution < -0.4 is 0 Å². The SMILES string of the molecule is C=C/C(=C(C)/C=C(\C)F)[C@H]1CC[C@@H](CC(=O)O)CC1. The van der Waals surface area contributed by atoms with E-state index < -0.39 is 5.97 Å². The number of carbonyl (C=O) groups is 1. The molecule has 19 heavy (non-hydrogen) atoms. The average Bonchev–Trinajstić information content (AvgIpc) is 2.30. The van der Waals surface area contributed by atoms with E-state index in [1.807, 2.05) is 13.0 Å². The van der Waals surface area contributed by atoms with Crippen LogP contribution in [0.1, 0.15) is 46.0 Å². The highest BCUT2D eigenvalue weighted by Crippen LogP contribution is 2.36. The number of aliphatic carboxylic acids is 1. The fraction of sp³-hybridized carbons (Fsp3) is 0.562. The zero-order valence-corrected chi connectivity index (χ0v) is 11.8. The van der Waals surface area contributed by atoms with Crippen LogP contribution in [-0.2, 0) is 4.79 Å². The highest BCUT2D eigenvalue weighted by Gasteiger charge is 2.24. The van der Waals surface area contributed by atoms with Gasteiger partial charge in [-0.25, -0.2) is 4.39 Å². The second-order valence-corrected chi connectivity index (χ2v) is 5.39. The molecule has 1 N–H and O–H groups in total. The minimum atomic E-state index is -0.713. The number of halogens is 1. The van der Waals surface area contributed by atoms with Crippen molar-refractivity contribution in [1.29, 1.82) is 0 Å². The second-order valence-electron chi connectivity index (χ2n) is 5.39. The van der Waals surface area contributed by atoms with Gasteiger partial charge in [-0.05, 0) is 68.6 Å². The first-order valence-electron chi connectivity index (χ1n) is 6.82. The zero-order chi connectivity index (χ0) is 14.4. The summed E-state index contributed by atoms with van der Waals surface area (Å²) in [7, 11) is 0. The van der Waals surface area contributed by atoms with E-state index in [2.05, 4.69) is 6.58 Å². The third-order valence-corrected chi connectivity index (χ3v) is 3.84. The van der Waals surface area contributed by atoms with E-state index in [0.29, 0.717) is 11.8 Å². The van der Waals surface area contributed by atoms with Crippen LogP contribution >= 0.6 is 0 Å². The van der Waals surface area contributed by atoms with Crippen molar-refractivity contribution in [3.63, 3.8) is 0 Å². The van der Waals surface area contributed by atoms with Crippen molar-refractivity contribution in [3.8, 4) is 0 Å². The maximum atomic E-state index is 12.9. The Morgan fingerprint density at radius 2 is 1.89 bits per heavy atom. The molecule has 0 aliphatic heterocycles. The van der Waals surface area contributed by atoms with E-state index in [-0.39, 0.29) is 12.2 Å². The smallest absolute Gasteiger partial charge is 0.303 e. The largest absolute Gasteiger partial charge is 0.481 e. The third-order valence-electron chi connectivity index (χ3n) is 3.84. The van der Waals surface area contributed by atoms with Crippen molar-refractivity contribution < 1.29 is 14.3 Å². The van der Waals surface area contributed by atoms with E-state index in [0.717, 1.165) is 36.8 Å². The normalized spacial score (nSPS) is 25.7. The maximum Gasteiger partial charge on any atom is 0.303 e. The summed E-state index contributed by atoms with van der Waals surface area (Å²) in [5.41, 5.74) is 2.03. The molecule has 2 nitrogen and oxygen atoms in total. The molecule has 0 unspecified atom stereocenters. The van der Waals surface area contributed by atoms with Gasteiger partial charge in [0.2, 0.25) is 0 Å². The predicted molar refractivity (Wildman–Crippen MR) is 75.5 cm³/mol. The quantitative estimate of drug-likeness (QED) is 0.736. The molecule has 0 aromatic carbocycles. The topological polar surface area (TPSA) is 37.3 Å². The lowest BCUT2D eigenvalue weighted by Crippen LogP contribution is -2.18. The molecule has 0 aromatic heterocycles. The Hall–Kier alpha value is -1.38. The van der Waals surface area contributed by atoms with Gasteiger partial charge in [0.25, 0.3) is 0 Å². The monoisotopic (exact) mass is 266 g/mol. The van der Waals surface area contributed by atoms with Gasteiger partial charge < -0.3 is 5.11 Å². The lowest BCUT2D eigenvalue weighted by molar-refractivity contribution is -0.138. The van der Waals surface area contributed by atoms with E-state index in [1.54, 1.807) is 6.08 Å². The molecule has 0 aromatic rings. The Morgan fingerprint density at radius 1 is 1.32 bits per heavy atom. The van der Waals surface area contributed by atoms with Crippen LogP contribution in [0.5, 0.6) is 0 Å². The highest BCUT2D eigenvalue weighted by molar-refractivity contribution is 5.67. The molecule has 106 valence electrons. The van der Waals surface area contributed by atoms with Gasteiger partial charge in [0.05, 0.1) is 5.83 Å². The first-order valence-corrected chi connectivity index (χ1v) is 6.82. The van der Waals surface area contributed by atoms with Crippen LogP contribution in [0.25, 0.3) is 0 Å². The summed E-state index contributed by atoms with van der Waals surface area (Å²) in [4.78, 5) is 10.7. The number of carboxylic acid groups (broad SMARTS) is 1. The van der Waals surface area contributed by atoms with Gasteiger partial charge in [-0.1, -0.05) is 12.7 Å². The molecule has 1 aliphatic carbocycles. The molecule has 0 radical (unpaired) electrons. The van der Waals surface area contributed by atoms with Crippen molar-refractivity contribution >= 4 is 5.97 Å². The van der Waals surface area contributed by atoms with Crippen molar-refractivity contribution in [1.82, 2.24) is 0 Å². The number of carboxylic acids is 1. The second kappa shape index (κ2) is 7.27. The minimum Gasteiger partial charge on any atom is -0.481 e. The lowest BCUT2D eigenvalue weighted by Gasteiger charge is -2.29. The summed E-state index contributed by atoms with van der Waals surface area (Å²) in [5, 5.41) is 8.80. The molecule has 0 saturated heterocycles. The van der Waals surface area contributed by atoms with E-state index in [9.17, 15) is 9.18 Å². The molecule has 1 rings (SSSR count). The van der Waals surface area contributed by atoms with Crippen LogP contribution in [0, 0.1) is 11.8 Å². The predicted octanol–water partition coefficient (Wildman–Crippen LogP) is 4.64. The van der Waals surface area contributed by atoms with Crippen molar-refractivity contribution in [3.05, 3.63) is 35.7 Å². The van der Waals surface area contributed by atoms with Gasteiger partial charge in [-0.3, -0.25) is 4.79 Å². The number of rotatable bonds is 5. The molecular weight excluding hydrogens is 243 g/mol. The van der Waals surface area contributed by atoms with Crippen molar-refractivity contribution in [2.75, 3.05) is 0 Å². The molecule has 0 spiro atoms. The standard InChI is InChI=1S/C16H23FO2/c1-4-15(11(2)9-12(3)17)14-7-5-13(6-8-14)10-16(18)19/h4,9,13-14H,1,5-8,10H2,2-3H3,(H,18,19)/b12-9+,15-11-/t13-,14+. The summed E-state index contributed by atoms with van der Waals surface area (Å²) >= 11 is 0. The Kier molecular flexibility index (Phi) is 6.00.